The Bertz CT molecular complexity index is 448. The number of rotatable bonds is 9. The molecule has 0 aromatic rings. The van der Waals surface area contributed by atoms with Crippen molar-refractivity contribution in [2.75, 3.05) is 19.3 Å². The zero-order valence-corrected chi connectivity index (χ0v) is 18.9. The number of hydrogen-bond acceptors (Lipinski definition) is 3. The van der Waals surface area contributed by atoms with Crippen molar-refractivity contribution >= 4 is 39.8 Å². The number of nitrogens with one attached hydrogen (secondary N) is 2. The van der Waals surface area contributed by atoms with Crippen LogP contribution in [0.15, 0.2) is 4.99 Å². The Morgan fingerprint density at radius 3 is 2.17 bits per heavy atom. The van der Waals surface area contributed by atoms with Gasteiger partial charge in [0.1, 0.15) is 0 Å². The van der Waals surface area contributed by atoms with Gasteiger partial charge in [-0.25, -0.2) is 8.42 Å². The van der Waals surface area contributed by atoms with Crippen LogP contribution in [0.5, 0.6) is 0 Å². The van der Waals surface area contributed by atoms with E-state index in [-0.39, 0.29) is 30.5 Å². The summed E-state index contributed by atoms with van der Waals surface area (Å²) in [5.41, 5.74) is 0. The third-order valence-corrected chi connectivity index (χ3v) is 5.90. The first-order valence-electron chi connectivity index (χ1n) is 8.24. The van der Waals surface area contributed by atoms with Crippen molar-refractivity contribution in [2.24, 2.45) is 10.9 Å². The molecule has 5 nitrogen and oxygen atoms in total. The van der Waals surface area contributed by atoms with Crippen LogP contribution in [0.4, 0.5) is 0 Å². The molecular formula is C16H36IN3O2S. The fraction of sp³-hybridized carbons (Fsp3) is 0.938. The van der Waals surface area contributed by atoms with Crippen LogP contribution < -0.4 is 10.6 Å². The molecule has 0 fully saturated rings. The maximum atomic E-state index is 11.7. The quantitative estimate of drug-likeness (QED) is 0.314. The highest BCUT2D eigenvalue weighted by atomic mass is 127. The second kappa shape index (κ2) is 11.5. The molecule has 0 aromatic carbocycles. The van der Waals surface area contributed by atoms with Crippen molar-refractivity contribution in [3.8, 4) is 0 Å². The van der Waals surface area contributed by atoms with E-state index in [4.69, 9.17) is 0 Å². The Labute approximate surface area is 160 Å². The fourth-order valence-electron chi connectivity index (χ4n) is 1.84. The van der Waals surface area contributed by atoms with Gasteiger partial charge in [-0.15, -0.1) is 24.0 Å². The number of hydrogen-bond donors (Lipinski definition) is 2. The molecule has 7 heteroatoms. The third-order valence-electron chi connectivity index (χ3n) is 3.77. The van der Waals surface area contributed by atoms with Gasteiger partial charge in [-0.2, -0.15) is 0 Å². The minimum absolute atomic E-state index is 0. The summed E-state index contributed by atoms with van der Waals surface area (Å²) in [6, 6.07) is 0.317. The van der Waals surface area contributed by atoms with Crippen molar-refractivity contribution in [1.29, 1.82) is 0 Å². The molecule has 0 aliphatic heterocycles. The van der Waals surface area contributed by atoms with Gasteiger partial charge < -0.3 is 10.6 Å². The van der Waals surface area contributed by atoms with Gasteiger partial charge in [0, 0.05) is 18.8 Å². The molecule has 0 aliphatic carbocycles. The second-order valence-electron chi connectivity index (χ2n) is 7.10. The summed E-state index contributed by atoms with van der Waals surface area (Å²) in [4.78, 5) is 4.45. The zero-order valence-electron chi connectivity index (χ0n) is 15.8. The molecule has 0 aliphatic rings. The molecule has 0 bridgehead atoms. The Morgan fingerprint density at radius 1 is 1.17 bits per heavy atom. The summed E-state index contributed by atoms with van der Waals surface area (Å²) in [6.45, 7) is 13.0. The van der Waals surface area contributed by atoms with Gasteiger partial charge >= 0.3 is 0 Å². The molecule has 23 heavy (non-hydrogen) atoms. The highest BCUT2D eigenvalue weighted by molar-refractivity contribution is 14.0. The first-order chi connectivity index (χ1) is 9.99. The second-order valence-corrected chi connectivity index (χ2v) is 9.75. The lowest BCUT2D eigenvalue weighted by atomic mass is 10.0. The average Bonchev–Trinajstić information content (AvgIpc) is 2.34. The summed E-state index contributed by atoms with van der Waals surface area (Å²) >= 11 is 0. The van der Waals surface area contributed by atoms with E-state index in [1.807, 2.05) is 6.92 Å². The predicted octanol–water partition coefficient (Wildman–Crippen LogP) is 3.20. The molecule has 0 spiro atoms. The standard InChI is InChI=1S/C16H35N3O2S.HI/c1-8-17-15(18-12-16(5,6)22(7,20)21)19-14(4)11-9-10-13(2)3;/h13-14H,8-12H2,1-7H3,(H2,17,18,19);1H. The molecule has 140 valence electrons. The Hall–Kier alpha value is -0.0500. The summed E-state index contributed by atoms with van der Waals surface area (Å²) in [7, 11) is -3.13. The smallest absolute Gasteiger partial charge is 0.191 e. The third kappa shape index (κ3) is 11.2. The Balaban J connectivity index is 0. The molecule has 1 atom stereocenters. The molecular weight excluding hydrogens is 425 g/mol. The van der Waals surface area contributed by atoms with Crippen molar-refractivity contribution < 1.29 is 8.42 Å². The van der Waals surface area contributed by atoms with Crippen LogP contribution in [0.3, 0.4) is 0 Å². The topological polar surface area (TPSA) is 70.6 Å². The number of nitrogens with zero attached hydrogens (tertiary/aromatic N) is 1. The van der Waals surface area contributed by atoms with Gasteiger partial charge in [-0.1, -0.05) is 26.7 Å². The minimum Gasteiger partial charge on any atom is -0.357 e. The predicted molar refractivity (Wildman–Crippen MR) is 112 cm³/mol. The van der Waals surface area contributed by atoms with Crippen molar-refractivity contribution in [1.82, 2.24) is 10.6 Å². The van der Waals surface area contributed by atoms with E-state index >= 15 is 0 Å². The monoisotopic (exact) mass is 461 g/mol. The van der Waals surface area contributed by atoms with Gasteiger partial charge in [0.05, 0.1) is 11.3 Å². The van der Waals surface area contributed by atoms with E-state index in [9.17, 15) is 8.42 Å². The lowest BCUT2D eigenvalue weighted by Crippen LogP contribution is -2.44. The van der Waals surface area contributed by atoms with Crippen LogP contribution in [0.1, 0.15) is 60.8 Å². The number of halogens is 1. The first kappa shape index (κ1) is 25.2. The van der Waals surface area contributed by atoms with Crippen LogP contribution in [-0.4, -0.2) is 44.5 Å². The molecule has 0 rings (SSSR count). The van der Waals surface area contributed by atoms with Gasteiger partial charge in [-0.05, 0) is 40.0 Å². The van der Waals surface area contributed by atoms with E-state index in [0.717, 1.165) is 18.9 Å². The normalized spacial score (nSPS) is 14.3. The van der Waals surface area contributed by atoms with Crippen molar-refractivity contribution in [2.45, 2.75) is 71.6 Å². The maximum absolute atomic E-state index is 11.7. The first-order valence-corrected chi connectivity index (χ1v) is 10.1. The average molecular weight is 461 g/mol. The summed E-state index contributed by atoms with van der Waals surface area (Å²) < 4.78 is 22.6. The minimum atomic E-state index is -3.13. The summed E-state index contributed by atoms with van der Waals surface area (Å²) in [5, 5.41) is 6.54. The van der Waals surface area contributed by atoms with E-state index in [1.54, 1.807) is 13.8 Å². The van der Waals surface area contributed by atoms with Gasteiger partial charge in [0.15, 0.2) is 15.8 Å². The van der Waals surface area contributed by atoms with Crippen LogP contribution >= 0.6 is 24.0 Å². The van der Waals surface area contributed by atoms with Crippen LogP contribution in [0.2, 0.25) is 0 Å². The lowest BCUT2D eigenvalue weighted by Gasteiger charge is -2.22. The van der Waals surface area contributed by atoms with Crippen LogP contribution in [-0.2, 0) is 9.84 Å². The molecule has 2 N–H and O–H groups in total. The molecule has 0 saturated heterocycles. The van der Waals surface area contributed by atoms with E-state index in [2.05, 4.69) is 36.4 Å². The van der Waals surface area contributed by atoms with Gasteiger partial charge in [0.25, 0.3) is 0 Å². The highest BCUT2D eigenvalue weighted by Crippen LogP contribution is 2.15. The molecule has 1 unspecified atom stereocenters. The van der Waals surface area contributed by atoms with Gasteiger partial charge in [-0.3, -0.25) is 4.99 Å². The number of aliphatic imine (C=N–C) groups is 1. The molecule has 0 saturated carbocycles. The Morgan fingerprint density at radius 2 is 1.74 bits per heavy atom. The van der Waals surface area contributed by atoms with Gasteiger partial charge in [0.2, 0.25) is 0 Å². The largest absolute Gasteiger partial charge is 0.357 e. The van der Waals surface area contributed by atoms with E-state index < -0.39 is 14.6 Å². The van der Waals surface area contributed by atoms with E-state index in [0.29, 0.717) is 12.0 Å². The lowest BCUT2D eigenvalue weighted by molar-refractivity contribution is 0.491. The summed E-state index contributed by atoms with van der Waals surface area (Å²) in [6.07, 6.45) is 4.75. The van der Waals surface area contributed by atoms with Crippen LogP contribution in [0.25, 0.3) is 0 Å². The van der Waals surface area contributed by atoms with E-state index in [1.165, 1.54) is 19.1 Å². The summed E-state index contributed by atoms with van der Waals surface area (Å²) in [5.74, 6) is 1.42. The van der Waals surface area contributed by atoms with Crippen molar-refractivity contribution in [3.63, 3.8) is 0 Å². The van der Waals surface area contributed by atoms with Crippen LogP contribution in [0, 0.1) is 5.92 Å². The molecule has 0 aromatic heterocycles. The zero-order chi connectivity index (χ0) is 17.4. The molecule has 0 heterocycles. The SMILES string of the molecule is CCNC(=NCC(C)(C)S(C)(=O)=O)NC(C)CCCC(C)C.I. The molecule has 0 amide bonds. The van der Waals surface area contributed by atoms with Crippen molar-refractivity contribution in [3.05, 3.63) is 0 Å². The number of guanidine groups is 1. The Kier molecular flexibility index (Phi) is 12.6. The fourth-order valence-corrected chi connectivity index (χ4v) is 2.14. The highest BCUT2D eigenvalue weighted by Gasteiger charge is 2.30. The maximum Gasteiger partial charge on any atom is 0.191 e. The molecule has 0 radical (unpaired) electrons. The number of sulfone groups is 1.